The van der Waals surface area contributed by atoms with Crippen molar-refractivity contribution in [2.24, 2.45) is 29.1 Å². The maximum absolute atomic E-state index is 2.52. The Morgan fingerprint density at radius 1 is 1.04 bits per heavy atom. The molecule has 1 spiro atoms. The molecular weight excluding hydrogens is 276 g/mol. The summed E-state index contributed by atoms with van der Waals surface area (Å²) in [5.41, 5.74) is 0.928. The molecule has 0 nitrogen and oxygen atoms in total. The second-order valence-corrected chi connectivity index (χ2v) is 9.08. The van der Waals surface area contributed by atoms with Crippen LogP contribution >= 0.6 is 0 Å². The third-order valence-electron chi connectivity index (χ3n) is 7.02. The van der Waals surface area contributed by atoms with Crippen LogP contribution in [0.15, 0.2) is 24.3 Å². The van der Waals surface area contributed by atoms with Crippen molar-refractivity contribution in [3.05, 3.63) is 24.3 Å². The third-order valence-corrected chi connectivity index (χ3v) is 7.02. The van der Waals surface area contributed by atoms with E-state index in [0.29, 0.717) is 0 Å². The Balaban J connectivity index is 1.24. The molecule has 3 rings (SSSR count). The summed E-state index contributed by atoms with van der Waals surface area (Å²) in [7, 11) is 0. The molecule has 3 saturated carbocycles. The first-order valence-electron chi connectivity index (χ1n) is 10.5. The van der Waals surface area contributed by atoms with E-state index in [1.54, 1.807) is 25.7 Å². The lowest BCUT2D eigenvalue weighted by Gasteiger charge is -2.16. The monoisotopic (exact) mass is 314 g/mol. The molecule has 23 heavy (non-hydrogen) atoms. The average Bonchev–Trinajstić information content (AvgIpc) is 3.42. The quantitative estimate of drug-likeness (QED) is 0.293. The van der Waals surface area contributed by atoms with Gasteiger partial charge in [0, 0.05) is 0 Å². The van der Waals surface area contributed by atoms with Crippen molar-refractivity contribution in [3.8, 4) is 0 Å². The van der Waals surface area contributed by atoms with Crippen molar-refractivity contribution in [3.63, 3.8) is 0 Å². The Bertz CT molecular complexity index is 412. The second-order valence-electron chi connectivity index (χ2n) is 9.08. The molecule has 0 N–H and O–H groups in total. The molecular formula is C23H38. The molecule has 0 heterocycles. The number of unbranched alkanes of at least 4 members (excludes halogenated alkanes) is 1. The first-order chi connectivity index (χ1) is 11.2. The van der Waals surface area contributed by atoms with E-state index in [1.807, 2.05) is 0 Å². The van der Waals surface area contributed by atoms with Crippen LogP contribution in [0.3, 0.4) is 0 Å². The van der Waals surface area contributed by atoms with Crippen molar-refractivity contribution in [1.82, 2.24) is 0 Å². The predicted octanol–water partition coefficient (Wildman–Crippen LogP) is 7.31. The molecule has 0 aromatic carbocycles. The molecule has 0 aromatic heterocycles. The summed E-state index contributed by atoms with van der Waals surface area (Å²) in [4.78, 5) is 0. The van der Waals surface area contributed by atoms with Crippen molar-refractivity contribution < 1.29 is 0 Å². The van der Waals surface area contributed by atoms with E-state index in [4.69, 9.17) is 0 Å². The molecule has 3 fully saturated rings. The molecule has 3 aliphatic carbocycles. The van der Waals surface area contributed by atoms with Gasteiger partial charge >= 0.3 is 0 Å². The zero-order chi connectivity index (χ0) is 16.1. The lowest BCUT2D eigenvalue weighted by Crippen LogP contribution is -2.04. The van der Waals surface area contributed by atoms with Crippen LogP contribution in [0.25, 0.3) is 0 Å². The molecule has 0 bridgehead atoms. The number of allylic oxidation sites excluding steroid dienone is 4. The lowest BCUT2D eigenvalue weighted by atomic mass is 9.89. The van der Waals surface area contributed by atoms with E-state index in [0.717, 1.165) is 29.1 Å². The van der Waals surface area contributed by atoms with E-state index >= 15 is 0 Å². The van der Waals surface area contributed by atoms with Gasteiger partial charge in [0.25, 0.3) is 0 Å². The third kappa shape index (κ3) is 5.23. The molecule has 0 heteroatoms. The summed E-state index contributed by atoms with van der Waals surface area (Å²) < 4.78 is 0. The van der Waals surface area contributed by atoms with Crippen molar-refractivity contribution >= 4 is 0 Å². The van der Waals surface area contributed by atoms with Crippen LogP contribution in [0.1, 0.15) is 90.9 Å². The first kappa shape index (κ1) is 17.3. The van der Waals surface area contributed by atoms with Crippen LogP contribution in [0.2, 0.25) is 0 Å². The minimum absolute atomic E-state index is 0.928. The number of hydrogen-bond donors (Lipinski definition) is 0. The predicted molar refractivity (Wildman–Crippen MR) is 101 cm³/mol. The maximum atomic E-state index is 2.52. The molecule has 3 aliphatic rings. The van der Waals surface area contributed by atoms with Crippen LogP contribution in [0.4, 0.5) is 0 Å². The minimum atomic E-state index is 0.928. The van der Waals surface area contributed by atoms with Crippen molar-refractivity contribution in [1.29, 1.82) is 0 Å². The van der Waals surface area contributed by atoms with Crippen molar-refractivity contribution in [2.45, 2.75) is 90.9 Å². The largest absolute Gasteiger partial charge is 0.0917 e. The average molecular weight is 315 g/mol. The Morgan fingerprint density at radius 3 is 2.57 bits per heavy atom. The molecule has 0 aliphatic heterocycles. The van der Waals surface area contributed by atoms with Crippen LogP contribution < -0.4 is 0 Å². The van der Waals surface area contributed by atoms with Crippen LogP contribution in [0, 0.1) is 29.1 Å². The van der Waals surface area contributed by atoms with Gasteiger partial charge in [0.1, 0.15) is 0 Å². The fraction of sp³-hybridized carbons (Fsp3) is 0.826. The Morgan fingerprint density at radius 2 is 1.83 bits per heavy atom. The van der Waals surface area contributed by atoms with Gasteiger partial charge in [-0.25, -0.2) is 0 Å². The molecule has 4 unspecified atom stereocenters. The fourth-order valence-corrected chi connectivity index (χ4v) is 5.16. The maximum Gasteiger partial charge on any atom is -0.0266 e. The molecule has 130 valence electrons. The molecule has 0 radical (unpaired) electrons. The molecule has 0 saturated heterocycles. The SMILES string of the molecule is C/C=C\CC/C=C/CC1CCC(CC(C)CCC2CC23CC3)C1. The zero-order valence-electron chi connectivity index (χ0n) is 15.6. The van der Waals surface area contributed by atoms with E-state index in [9.17, 15) is 0 Å². The summed E-state index contributed by atoms with van der Waals surface area (Å²) in [6, 6.07) is 0. The fourth-order valence-electron chi connectivity index (χ4n) is 5.16. The lowest BCUT2D eigenvalue weighted by molar-refractivity contribution is 0.354. The van der Waals surface area contributed by atoms with Crippen molar-refractivity contribution in [2.75, 3.05) is 0 Å². The highest BCUT2D eigenvalue weighted by Gasteiger charge is 2.61. The highest BCUT2D eigenvalue weighted by molar-refractivity contribution is 5.11. The van der Waals surface area contributed by atoms with E-state index < -0.39 is 0 Å². The van der Waals surface area contributed by atoms with E-state index in [1.165, 1.54) is 51.4 Å². The smallest absolute Gasteiger partial charge is 0.0266 e. The second kappa shape index (κ2) is 8.04. The molecule has 4 atom stereocenters. The van der Waals surface area contributed by atoms with Gasteiger partial charge in [-0.1, -0.05) is 44.1 Å². The minimum Gasteiger partial charge on any atom is -0.0917 e. The van der Waals surface area contributed by atoms with Gasteiger partial charge in [-0.3, -0.25) is 0 Å². The van der Waals surface area contributed by atoms with E-state index in [2.05, 4.69) is 38.2 Å². The van der Waals surface area contributed by atoms with Gasteiger partial charge in [0.15, 0.2) is 0 Å². The Kier molecular flexibility index (Phi) is 6.05. The highest BCUT2D eigenvalue weighted by Crippen LogP contribution is 2.72. The van der Waals surface area contributed by atoms with Gasteiger partial charge in [0.2, 0.25) is 0 Å². The summed E-state index contributed by atoms with van der Waals surface area (Å²) in [5.74, 6) is 4.16. The molecule has 0 aromatic rings. The summed E-state index contributed by atoms with van der Waals surface area (Å²) in [6.45, 7) is 4.63. The summed E-state index contributed by atoms with van der Waals surface area (Å²) >= 11 is 0. The van der Waals surface area contributed by atoms with Gasteiger partial charge < -0.3 is 0 Å². The van der Waals surface area contributed by atoms with Gasteiger partial charge in [-0.15, -0.1) is 0 Å². The summed E-state index contributed by atoms with van der Waals surface area (Å²) in [6.07, 6.45) is 26.9. The zero-order valence-corrected chi connectivity index (χ0v) is 15.6. The normalized spacial score (nSPS) is 33.0. The topological polar surface area (TPSA) is 0 Å². The van der Waals surface area contributed by atoms with Gasteiger partial charge in [-0.05, 0) is 100 Å². The van der Waals surface area contributed by atoms with Gasteiger partial charge in [0.05, 0.1) is 0 Å². The standard InChI is InChI=1S/C23H38/c1-3-4-5-6-7-8-9-20-11-12-21(17-20)16-19(2)10-13-22-18-23(22)14-15-23/h3-4,7-8,19-22H,5-6,9-18H2,1-2H3/b4-3-,8-7+. The highest BCUT2D eigenvalue weighted by atomic mass is 14.7. The Hall–Kier alpha value is -0.520. The number of hydrogen-bond acceptors (Lipinski definition) is 0. The van der Waals surface area contributed by atoms with Crippen LogP contribution in [0.5, 0.6) is 0 Å². The first-order valence-corrected chi connectivity index (χ1v) is 10.5. The number of rotatable bonds is 10. The van der Waals surface area contributed by atoms with E-state index in [-0.39, 0.29) is 0 Å². The van der Waals surface area contributed by atoms with Crippen LogP contribution in [-0.4, -0.2) is 0 Å². The Labute approximate surface area is 144 Å². The molecule has 0 amide bonds. The summed E-state index contributed by atoms with van der Waals surface area (Å²) in [5, 5.41) is 0. The van der Waals surface area contributed by atoms with Crippen LogP contribution in [-0.2, 0) is 0 Å². The van der Waals surface area contributed by atoms with Gasteiger partial charge in [-0.2, -0.15) is 0 Å².